The van der Waals surface area contributed by atoms with Gasteiger partial charge in [0.15, 0.2) is 0 Å². The summed E-state index contributed by atoms with van der Waals surface area (Å²) in [7, 11) is 0. The van der Waals surface area contributed by atoms with Gasteiger partial charge in [0.05, 0.1) is 11.3 Å². The molecule has 0 unspecified atom stereocenters. The first-order valence-corrected chi connectivity index (χ1v) is 13.6. The lowest BCUT2D eigenvalue weighted by Crippen LogP contribution is -2.46. The monoisotopic (exact) mass is 541 g/mol. The Labute approximate surface area is 234 Å². The van der Waals surface area contributed by atoms with Gasteiger partial charge in [-0.25, -0.2) is 9.59 Å². The van der Waals surface area contributed by atoms with Gasteiger partial charge >= 0.3 is 12.0 Å². The van der Waals surface area contributed by atoms with Crippen molar-refractivity contribution in [2.45, 2.75) is 58.9 Å². The standard InChI is InChI=1S/C32H35N3O5/c1-19-15-20(2)28(21(3)16-19)35-32(40)33-27-17-25(23-11-9-22(18-36)10-12-23)13-14-26(27)30(37)34-29(31(38)39)24-7-5-4-6-8-24/h9-18,24,29H,4-8H2,1-3H3,(H,34,37)(H,38,39)(H2,33,35,40)/t29-/m0/s1. The van der Waals surface area contributed by atoms with Crippen molar-refractivity contribution >= 4 is 35.6 Å². The van der Waals surface area contributed by atoms with Gasteiger partial charge in [0.2, 0.25) is 0 Å². The maximum absolute atomic E-state index is 13.5. The van der Waals surface area contributed by atoms with Gasteiger partial charge in [-0.2, -0.15) is 0 Å². The Balaban J connectivity index is 1.65. The molecule has 1 aliphatic carbocycles. The number of nitrogens with one attached hydrogen (secondary N) is 3. The van der Waals surface area contributed by atoms with E-state index in [9.17, 15) is 24.3 Å². The minimum absolute atomic E-state index is 0.141. The van der Waals surface area contributed by atoms with Crippen molar-refractivity contribution in [2.24, 2.45) is 5.92 Å². The largest absolute Gasteiger partial charge is 0.480 e. The first-order chi connectivity index (χ1) is 19.2. The number of carbonyl (C=O) groups excluding carboxylic acids is 3. The molecule has 3 aromatic rings. The summed E-state index contributed by atoms with van der Waals surface area (Å²) in [5, 5.41) is 18.3. The van der Waals surface area contributed by atoms with E-state index >= 15 is 0 Å². The zero-order valence-corrected chi connectivity index (χ0v) is 23.0. The molecule has 3 aromatic carbocycles. The van der Waals surface area contributed by atoms with E-state index in [1.165, 1.54) is 0 Å². The maximum Gasteiger partial charge on any atom is 0.326 e. The number of carbonyl (C=O) groups is 4. The second-order valence-corrected chi connectivity index (χ2v) is 10.5. The molecule has 208 valence electrons. The topological polar surface area (TPSA) is 125 Å². The van der Waals surface area contributed by atoms with Crippen molar-refractivity contribution in [1.82, 2.24) is 5.32 Å². The summed E-state index contributed by atoms with van der Waals surface area (Å²) in [5.74, 6) is -1.78. The SMILES string of the molecule is Cc1cc(C)c(NC(=O)Nc2cc(-c3ccc(C=O)cc3)ccc2C(=O)N[C@H](C(=O)O)C2CCCCC2)c(C)c1. The molecule has 0 aliphatic heterocycles. The van der Waals surface area contributed by atoms with Crippen LogP contribution in [-0.4, -0.2) is 35.3 Å². The first kappa shape index (κ1) is 28.5. The number of aldehydes is 1. The fraction of sp³-hybridized carbons (Fsp3) is 0.312. The second-order valence-electron chi connectivity index (χ2n) is 10.5. The number of carboxylic acids is 1. The van der Waals surface area contributed by atoms with Crippen LogP contribution in [0.2, 0.25) is 0 Å². The van der Waals surface area contributed by atoms with Gasteiger partial charge in [0.1, 0.15) is 12.3 Å². The minimum Gasteiger partial charge on any atom is -0.480 e. The average Bonchev–Trinajstić information content (AvgIpc) is 2.94. The smallest absolute Gasteiger partial charge is 0.326 e. The number of rotatable bonds is 8. The number of aliphatic carboxylic acids is 1. The van der Waals surface area contributed by atoms with Crippen molar-refractivity contribution in [3.05, 3.63) is 82.4 Å². The van der Waals surface area contributed by atoms with Crippen LogP contribution in [0.15, 0.2) is 54.6 Å². The van der Waals surface area contributed by atoms with Crippen LogP contribution >= 0.6 is 0 Å². The Morgan fingerprint density at radius 2 is 1.48 bits per heavy atom. The number of hydrogen-bond donors (Lipinski definition) is 4. The van der Waals surface area contributed by atoms with Gasteiger partial charge in [-0.1, -0.05) is 67.3 Å². The molecule has 1 fully saturated rings. The predicted octanol–water partition coefficient (Wildman–Crippen LogP) is 6.50. The third-order valence-electron chi connectivity index (χ3n) is 7.48. The number of benzene rings is 3. The summed E-state index contributed by atoms with van der Waals surface area (Å²) in [6.45, 7) is 5.81. The molecule has 40 heavy (non-hydrogen) atoms. The lowest BCUT2D eigenvalue weighted by Gasteiger charge is -2.28. The third kappa shape index (κ3) is 6.75. The Morgan fingerprint density at radius 3 is 2.08 bits per heavy atom. The van der Waals surface area contributed by atoms with Gasteiger partial charge < -0.3 is 21.1 Å². The lowest BCUT2D eigenvalue weighted by molar-refractivity contribution is -0.141. The van der Waals surface area contributed by atoms with Crippen LogP contribution in [0.5, 0.6) is 0 Å². The van der Waals surface area contributed by atoms with E-state index in [0.717, 1.165) is 60.6 Å². The highest BCUT2D eigenvalue weighted by molar-refractivity contribution is 6.08. The number of urea groups is 1. The number of carboxylic acid groups (broad SMARTS) is 1. The minimum atomic E-state index is -1.07. The molecule has 4 rings (SSSR count). The van der Waals surface area contributed by atoms with Gasteiger partial charge in [0, 0.05) is 11.3 Å². The van der Waals surface area contributed by atoms with Crippen LogP contribution in [0.4, 0.5) is 16.2 Å². The van der Waals surface area contributed by atoms with Gasteiger partial charge in [-0.05, 0) is 73.9 Å². The molecule has 0 spiro atoms. The second kappa shape index (κ2) is 12.6. The molecule has 8 heteroatoms. The molecule has 0 heterocycles. The molecule has 1 aliphatic rings. The van der Waals surface area contributed by atoms with Crippen LogP contribution in [0.3, 0.4) is 0 Å². The number of hydrogen-bond acceptors (Lipinski definition) is 4. The molecule has 8 nitrogen and oxygen atoms in total. The summed E-state index contributed by atoms with van der Waals surface area (Å²) >= 11 is 0. The van der Waals surface area contributed by atoms with E-state index in [1.807, 2.05) is 32.9 Å². The zero-order valence-electron chi connectivity index (χ0n) is 23.0. The summed E-state index contributed by atoms with van der Waals surface area (Å²) in [6.07, 6.45) is 5.19. The van der Waals surface area contributed by atoms with Crippen LogP contribution in [-0.2, 0) is 4.79 Å². The highest BCUT2D eigenvalue weighted by Gasteiger charge is 2.31. The Bertz CT molecular complexity index is 1400. The fourth-order valence-corrected chi connectivity index (χ4v) is 5.49. The summed E-state index contributed by atoms with van der Waals surface area (Å²) < 4.78 is 0. The molecule has 0 bridgehead atoms. The predicted molar refractivity (Wildman–Crippen MR) is 156 cm³/mol. The van der Waals surface area contributed by atoms with E-state index in [-0.39, 0.29) is 17.2 Å². The van der Waals surface area contributed by atoms with Crippen LogP contribution in [0.1, 0.15) is 69.5 Å². The van der Waals surface area contributed by atoms with Crippen molar-refractivity contribution in [3.8, 4) is 11.1 Å². The van der Waals surface area contributed by atoms with Crippen LogP contribution in [0, 0.1) is 26.7 Å². The van der Waals surface area contributed by atoms with E-state index < -0.39 is 23.9 Å². The van der Waals surface area contributed by atoms with Gasteiger partial charge in [-0.3, -0.25) is 9.59 Å². The van der Waals surface area contributed by atoms with Crippen molar-refractivity contribution in [3.63, 3.8) is 0 Å². The Morgan fingerprint density at radius 1 is 0.850 bits per heavy atom. The average molecular weight is 542 g/mol. The Kier molecular flexibility index (Phi) is 8.99. The molecule has 1 atom stereocenters. The quantitative estimate of drug-likeness (QED) is 0.242. The lowest BCUT2D eigenvalue weighted by atomic mass is 9.83. The number of amides is 3. The summed E-state index contributed by atoms with van der Waals surface area (Å²) in [4.78, 5) is 49.8. The van der Waals surface area contributed by atoms with Crippen molar-refractivity contribution in [2.75, 3.05) is 10.6 Å². The normalized spacial score (nSPS) is 14.2. The molecular weight excluding hydrogens is 506 g/mol. The van der Waals surface area contributed by atoms with Crippen LogP contribution in [0.25, 0.3) is 11.1 Å². The number of aryl methyl sites for hydroxylation is 3. The van der Waals surface area contributed by atoms with Crippen molar-refractivity contribution < 1.29 is 24.3 Å². The van der Waals surface area contributed by atoms with Crippen molar-refractivity contribution in [1.29, 1.82) is 0 Å². The van der Waals surface area contributed by atoms with E-state index in [0.29, 0.717) is 16.8 Å². The molecule has 0 radical (unpaired) electrons. The molecule has 3 amide bonds. The van der Waals surface area contributed by atoms with E-state index in [1.54, 1.807) is 42.5 Å². The zero-order chi connectivity index (χ0) is 28.8. The number of anilines is 2. The molecular formula is C32H35N3O5. The molecule has 0 saturated heterocycles. The van der Waals surface area contributed by atoms with Crippen LogP contribution < -0.4 is 16.0 Å². The third-order valence-corrected chi connectivity index (χ3v) is 7.48. The Hall–Kier alpha value is -4.46. The summed E-state index contributed by atoms with van der Waals surface area (Å²) in [6, 6.07) is 14.3. The first-order valence-electron chi connectivity index (χ1n) is 13.6. The fourth-order valence-electron chi connectivity index (χ4n) is 5.49. The summed E-state index contributed by atoms with van der Waals surface area (Å²) in [5.41, 5.74) is 6.01. The molecule has 4 N–H and O–H groups in total. The molecule has 0 aromatic heterocycles. The maximum atomic E-state index is 13.5. The molecule has 1 saturated carbocycles. The van der Waals surface area contributed by atoms with Gasteiger partial charge in [0.25, 0.3) is 5.91 Å². The van der Waals surface area contributed by atoms with E-state index in [2.05, 4.69) is 16.0 Å². The highest BCUT2D eigenvalue weighted by atomic mass is 16.4. The highest BCUT2D eigenvalue weighted by Crippen LogP contribution is 2.30. The van der Waals surface area contributed by atoms with Gasteiger partial charge in [-0.15, -0.1) is 0 Å². The van der Waals surface area contributed by atoms with E-state index in [4.69, 9.17) is 0 Å².